The van der Waals surface area contributed by atoms with Crippen LogP contribution in [0, 0.1) is 5.21 Å². The van der Waals surface area contributed by atoms with Gasteiger partial charge in [0, 0.05) is 11.6 Å². The molecule has 18 heavy (non-hydrogen) atoms. The Morgan fingerprint density at radius 2 is 1.50 bits per heavy atom. The van der Waals surface area contributed by atoms with Crippen molar-refractivity contribution in [3.63, 3.8) is 0 Å². The lowest BCUT2D eigenvalue weighted by atomic mass is 10.0. The molecule has 5 nitrogen and oxygen atoms in total. The Kier molecular flexibility index (Phi) is 3.22. The Hall–Kier alpha value is -2.05. The predicted molar refractivity (Wildman–Crippen MR) is 65.1 cm³/mol. The summed E-state index contributed by atoms with van der Waals surface area (Å²) in [5.74, 6) is -0.437. The van der Waals surface area contributed by atoms with E-state index in [1.807, 2.05) is 0 Å². The molecule has 2 aromatic rings. The topological polar surface area (TPSA) is 80.6 Å². The van der Waals surface area contributed by atoms with Crippen molar-refractivity contribution >= 4 is 11.5 Å². The highest BCUT2D eigenvalue weighted by Crippen LogP contribution is 2.25. The first-order valence-corrected chi connectivity index (χ1v) is 5.25. The molecule has 0 unspecified atom stereocenters. The van der Waals surface area contributed by atoms with Crippen LogP contribution in [0.3, 0.4) is 0 Å². The van der Waals surface area contributed by atoms with Gasteiger partial charge in [0.2, 0.25) is 5.69 Å². The molecular formula is C13H11NO4. The number of carbonyl (C=O) groups excluding carboxylic acids is 1. The van der Waals surface area contributed by atoms with Crippen LogP contribution in [0.2, 0.25) is 0 Å². The van der Waals surface area contributed by atoms with E-state index in [-0.39, 0.29) is 5.56 Å². The molecule has 2 aromatic carbocycles. The zero-order valence-corrected chi connectivity index (χ0v) is 9.35. The smallest absolute Gasteiger partial charge is 0.211 e. The highest BCUT2D eigenvalue weighted by atomic mass is 17.1. The Balaban J connectivity index is 2.50. The van der Waals surface area contributed by atoms with Crippen molar-refractivity contribution in [2.24, 2.45) is 0 Å². The van der Waals surface area contributed by atoms with Crippen molar-refractivity contribution in [3.8, 4) is 0 Å². The first-order valence-electron chi connectivity index (χ1n) is 5.25. The Morgan fingerprint density at radius 1 is 0.944 bits per heavy atom. The van der Waals surface area contributed by atoms with Crippen LogP contribution in [-0.2, 0) is 0 Å². The van der Waals surface area contributed by atoms with E-state index in [1.165, 1.54) is 18.2 Å². The van der Waals surface area contributed by atoms with Gasteiger partial charge in [0.15, 0.2) is 5.78 Å². The van der Waals surface area contributed by atoms with Crippen LogP contribution in [0.25, 0.3) is 0 Å². The van der Waals surface area contributed by atoms with Crippen molar-refractivity contribution in [1.82, 2.24) is 4.97 Å². The fraction of sp³-hybridized carbons (Fsp3) is 0. The third kappa shape index (κ3) is 2.44. The van der Waals surface area contributed by atoms with Gasteiger partial charge < -0.3 is 5.21 Å². The average molecular weight is 245 g/mol. The minimum atomic E-state index is -2.62. The second kappa shape index (κ2) is 4.67. The number of benzene rings is 2. The minimum absolute atomic E-state index is 0.0382. The van der Waals surface area contributed by atoms with Gasteiger partial charge in [0.1, 0.15) is 0 Å². The fourth-order valence-electron chi connectivity index (χ4n) is 1.66. The maximum atomic E-state index is 12.1. The molecule has 0 saturated carbocycles. The fourth-order valence-corrected chi connectivity index (χ4v) is 1.66. The summed E-state index contributed by atoms with van der Waals surface area (Å²) in [5, 5.41) is 29.3. The van der Waals surface area contributed by atoms with Crippen LogP contribution in [0.5, 0.6) is 0 Å². The highest BCUT2D eigenvalue weighted by molar-refractivity contribution is 6.12. The van der Waals surface area contributed by atoms with Crippen molar-refractivity contribution in [1.29, 1.82) is 0 Å². The van der Waals surface area contributed by atoms with Crippen LogP contribution in [0.4, 0.5) is 5.69 Å². The summed E-state index contributed by atoms with van der Waals surface area (Å²) in [4.78, 5) is 9.53. The van der Waals surface area contributed by atoms with E-state index < -0.39 is 16.4 Å². The molecule has 0 aliphatic rings. The lowest BCUT2D eigenvalue weighted by Crippen LogP contribution is -2.36. The van der Waals surface area contributed by atoms with Gasteiger partial charge in [-0.05, 0) is 11.0 Å². The van der Waals surface area contributed by atoms with Gasteiger partial charge in [-0.25, -0.2) is 0 Å². The van der Waals surface area contributed by atoms with Crippen LogP contribution >= 0.6 is 0 Å². The monoisotopic (exact) mass is 245 g/mol. The van der Waals surface area contributed by atoms with Gasteiger partial charge in [-0.1, -0.05) is 42.5 Å². The molecule has 92 valence electrons. The first-order chi connectivity index (χ1) is 8.50. The molecule has 0 atom stereocenters. The molecule has 0 amide bonds. The van der Waals surface area contributed by atoms with E-state index in [9.17, 15) is 10.0 Å². The first kappa shape index (κ1) is 12.4. The molecule has 0 radical (unpaired) electrons. The van der Waals surface area contributed by atoms with Crippen LogP contribution in [-0.4, -0.2) is 16.2 Å². The Bertz CT molecular complexity index is 561. The normalized spacial score (nSPS) is 11.3. The number of carbonyl (C=O) groups is 1. The zero-order chi connectivity index (χ0) is 13.2. The molecule has 0 fully saturated rings. The van der Waals surface area contributed by atoms with E-state index >= 15 is 0 Å². The summed E-state index contributed by atoms with van der Waals surface area (Å²) in [6.07, 6.45) is 0. The lowest BCUT2D eigenvalue weighted by molar-refractivity contribution is -0.252. The van der Waals surface area contributed by atoms with E-state index in [0.29, 0.717) is 5.56 Å². The molecule has 0 aromatic heterocycles. The zero-order valence-electron chi connectivity index (χ0n) is 9.35. The van der Waals surface area contributed by atoms with Gasteiger partial charge in [-0.2, -0.15) is 10.4 Å². The highest BCUT2D eigenvalue weighted by Gasteiger charge is 2.24. The quantitative estimate of drug-likeness (QED) is 0.494. The molecule has 0 aliphatic heterocycles. The summed E-state index contributed by atoms with van der Waals surface area (Å²) in [6, 6.07) is 13.9. The van der Waals surface area contributed by atoms with Crippen molar-refractivity contribution in [2.75, 3.05) is 0 Å². The summed E-state index contributed by atoms with van der Waals surface area (Å²) >= 11 is 0. The van der Waals surface area contributed by atoms with Crippen molar-refractivity contribution in [3.05, 3.63) is 70.9 Å². The number of nitrogens with zero attached hydrogens (tertiary/aromatic N) is 1. The van der Waals surface area contributed by atoms with Gasteiger partial charge >= 0.3 is 0 Å². The third-order valence-corrected chi connectivity index (χ3v) is 2.50. The molecule has 2 N–H and O–H groups in total. The van der Waals surface area contributed by atoms with Gasteiger partial charge in [0.05, 0.1) is 5.56 Å². The Labute approximate surface area is 103 Å². The maximum absolute atomic E-state index is 12.1. The largest absolute Gasteiger partial charge is 0.559 e. The van der Waals surface area contributed by atoms with Gasteiger partial charge in [0.25, 0.3) is 0 Å². The summed E-state index contributed by atoms with van der Waals surface area (Å²) in [6.45, 7) is 0. The second-order valence-corrected chi connectivity index (χ2v) is 3.76. The second-order valence-electron chi connectivity index (χ2n) is 3.76. The van der Waals surface area contributed by atoms with E-state index in [4.69, 9.17) is 10.4 Å². The van der Waals surface area contributed by atoms with Gasteiger partial charge in [-0.3, -0.25) is 4.79 Å². The van der Waals surface area contributed by atoms with Crippen molar-refractivity contribution < 1.29 is 15.2 Å². The molecular weight excluding hydrogens is 234 g/mol. The van der Waals surface area contributed by atoms with E-state index in [0.717, 1.165) is 0 Å². The van der Waals surface area contributed by atoms with Crippen molar-refractivity contribution in [2.45, 2.75) is 0 Å². The van der Waals surface area contributed by atoms with Gasteiger partial charge in [-0.15, -0.1) is 0 Å². The molecule has 5 heteroatoms. The maximum Gasteiger partial charge on any atom is 0.211 e. The molecule has 0 aliphatic carbocycles. The molecule has 0 heterocycles. The molecule has 0 saturated heterocycles. The summed E-state index contributed by atoms with van der Waals surface area (Å²) in [7, 11) is 0. The third-order valence-electron chi connectivity index (χ3n) is 2.50. The van der Waals surface area contributed by atoms with Crippen LogP contribution < -0.4 is 4.97 Å². The SMILES string of the molecule is O=C(c1ccccc1)c1ccccc1[N+]([O-])(O)O. The van der Waals surface area contributed by atoms with Crippen LogP contribution in [0.15, 0.2) is 54.6 Å². The molecule has 0 bridgehead atoms. The number of quaternary nitrogens is 1. The number of ketones is 1. The lowest BCUT2D eigenvalue weighted by Gasteiger charge is -2.24. The average Bonchev–Trinajstić information content (AvgIpc) is 2.38. The number of hydrogen-bond acceptors (Lipinski definition) is 4. The Morgan fingerprint density at radius 3 is 2.11 bits per heavy atom. The summed E-state index contributed by atoms with van der Waals surface area (Å²) in [5.41, 5.74) is -0.0755. The number of rotatable bonds is 3. The molecule has 2 rings (SSSR count). The number of hydrogen-bond donors (Lipinski definition) is 2. The van der Waals surface area contributed by atoms with E-state index in [1.54, 1.807) is 36.4 Å². The summed E-state index contributed by atoms with van der Waals surface area (Å²) < 4.78 is 0. The van der Waals surface area contributed by atoms with E-state index in [2.05, 4.69) is 0 Å². The van der Waals surface area contributed by atoms with Crippen LogP contribution in [0.1, 0.15) is 15.9 Å². The minimum Gasteiger partial charge on any atom is -0.559 e. The predicted octanol–water partition coefficient (Wildman–Crippen LogP) is 2.50. The molecule has 0 spiro atoms. The number of para-hydroxylation sites is 1. The standard InChI is InChI=1S/C13H11NO4/c15-13(10-6-2-1-3-7-10)11-8-4-5-9-12(11)14(16,17)18/h1-9,16-17H.